The number of likely N-dealkylation sites (N-methyl/N-ethyl adjacent to an activating group) is 1. The van der Waals surface area contributed by atoms with Crippen molar-refractivity contribution in [2.75, 3.05) is 37.5 Å². The Morgan fingerprint density at radius 1 is 1.03 bits per heavy atom. The van der Waals surface area contributed by atoms with E-state index >= 15 is 0 Å². The fraction of sp³-hybridized carbons (Fsp3) is 0.261. The van der Waals surface area contributed by atoms with Crippen LogP contribution in [0.4, 0.5) is 11.4 Å². The van der Waals surface area contributed by atoms with E-state index in [0.717, 1.165) is 29.6 Å². The van der Waals surface area contributed by atoms with E-state index in [4.69, 9.17) is 4.74 Å². The monoisotopic (exact) mass is 390 g/mol. The summed E-state index contributed by atoms with van der Waals surface area (Å²) in [6.07, 6.45) is 3.54. The van der Waals surface area contributed by atoms with Crippen LogP contribution in [0.1, 0.15) is 6.92 Å². The molecule has 2 aromatic carbocycles. The molecule has 29 heavy (non-hydrogen) atoms. The maximum absolute atomic E-state index is 13.3. The Kier molecular flexibility index (Phi) is 5.03. The van der Waals surface area contributed by atoms with Crippen LogP contribution in [0.15, 0.2) is 78.3 Å². The minimum Gasteiger partial charge on any atom is -0.439 e. The van der Waals surface area contributed by atoms with Crippen molar-refractivity contribution < 1.29 is 9.53 Å². The van der Waals surface area contributed by atoms with E-state index in [0.29, 0.717) is 5.70 Å². The van der Waals surface area contributed by atoms with Gasteiger partial charge in [0.25, 0.3) is 5.91 Å². The number of para-hydroxylation sites is 3. The van der Waals surface area contributed by atoms with Crippen LogP contribution in [0.25, 0.3) is 0 Å². The smallest absolute Gasteiger partial charge is 0.277 e. The number of allylic oxidation sites excluding steroid dienone is 2. The van der Waals surface area contributed by atoms with Crippen LogP contribution in [0.2, 0.25) is 0 Å². The Hall–Kier alpha value is -3.25. The molecular weight excluding hydrogens is 364 g/mol. The molecule has 0 radical (unpaired) electrons. The number of amides is 1. The van der Waals surface area contributed by atoms with E-state index in [9.17, 15) is 4.79 Å². The number of carbonyl (C=O) groups is 1. The van der Waals surface area contributed by atoms with Crippen LogP contribution < -0.4 is 14.5 Å². The summed E-state index contributed by atoms with van der Waals surface area (Å²) < 4.78 is 6.02. The number of benzene rings is 2. The topological polar surface area (TPSA) is 39.3 Å². The second-order valence-electron chi connectivity index (χ2n) is 7.30. The van der Waals surface area contributed by atoms with Crippen molar-refractivity contribution in [1.29, 1.82) is 0 Å². The predicted molar refractivity (Wildman–Crippen MR) is 115 cm³/mol. The molecule has 0 N–H and O–H groups in total. The Balaban J connectivity index is 1.69. The van der Waals surface area contributed by atoms with Gasteiger partial charge in [0.05, 0.1) is 5.69 Å². The maximum Gasteiger partial charge on any atom is 0.277 e. The maximum atomic E-state index is 13.3. The summed E-state index contributed by atoms with van der Waals surface area (Å²) in [6, 6.07) is 17.7. The standard InChI is InChI=1S/C23H26N4O2/c1-5-26-18-13-9-10-14-20(18)29-21(26)16-15-19-22(28)27(17-11-7-6-8-12-17)23(24(2)3)25(19)4/h6-16,23H,5H2,1-4H3. The molecule has 2 heterocycles. The van der Waals surface area contributed by atoms with Gasteiger partial charge in [-0.15, -0.1) is 0 Å². The Labute approximate surface area is 171 Å². The number of hydrogen-bond acceptors (Lipinski definition) is 5. The van der Waals surface area contributed by atoms with Gasteiger partial charge >= 0.3 is 0 Å². The van der Waals surface area contributed by atoms with Gasteiger partial charge in [-0.2, -0.15) is 0 Å². The van der Waals surface area contributed by atoms with E-state index in [1.54, 1.807) is 0 Å². The first-order valence-electron chi connectivity index (χ1n) is 9.77. The molecule has 6 heteroatoms. The second-order valence-corrected chi connectivity index (χ2v) is 7.30. The lowest BCUT2D eigenvalue weighted by Crippen LogP contribution is -2.48. The lowest BCUT2D eigenvalue weighted by Gasteiger charge is -2.33. The Morgan fingerprint density at radius 3 is 2.41 bits per heavy atom. The lowest BCUT2D eigenvalue weighted by molar-refractivity contribution is -0.114. The van der Waals surface area contributed by atoms with Crippen molar-refractivity contribution in [2.45, 2.75) is 13.2 Å². The van der Waals surface area contributed by atoms with E-state index in [1.165, 1.54) is 0 Å². The van der Waals surface area contributed by atoms with Gasteiger partial charge in [-0.1, -0.05) is 30.3 Å². The van der Waals surface area contributed by atoms with Crippen LogP contribution in [-0.4, -0.2) is 49.7 Å². The minimum absolute atomic E-state index is 0.0344. The van der Waals surface area contributed by atoms with Crippen LogP contribution in [-0.2, 0) is 4.79 Å². The van der Waals surface area contributed by atoms with Crippen LogP contribution in [0.3, 0.4) is 0 Å². The zero-order chi connectivity index (χ0) is 20.5. The predicted octanol–water partition coefficient (Wildman–Crippen LogP) is 3.45. The van der Waals surface area contributed by atoms with Gasteiger partial charge in [0.15, 0.2) is 12.0 Å². The quantitative estimate of drug-likeness (QED) is 0.748. The first-order valence-corrected chi connectivity index (χ1v) is 9.77. The molecule has 0 aromatic heterocycles. The zero-order valence-electron chi connectivity index (χ0n) is 17.2. The third-order valence-electron chi connectivity index (χ3n) is 5.23. The highest BCUT2D eigenvalue weighted by molar-refractivity contribution is 6.08. The number of anilines is 2. The van der Waals surface area contributed by atoms with Crippen LogP contribution in [0, 0.1) is 0 Å². The third kappa shape index (κ3) is 3.25. The van der Waals surface area contributed by atoms with Crippen molar-refractivity contribution in [3.63, 3.8) is 0 Å². The van der Waals surface area contributed by atoms with Crippen molar-refractivity contribution >= 4 is 17.3 Å². The molecule has 0 bridgehead atoms. The van der Waals surface area contributed by atoms with Crippen molar-refractivity contribution in [3.8, 4) is 5.75 Å². The molecule has 1 unspecified atom stereocenters. The highest BCUT2D eigenvalue weighted by atomic mass is 16.5. The Bertz CT molecular complexity index is 968. The van der Waals surface area contributed by atoms with Gasteiger partial charge in [-0.25, -0.2) is 0 Å². The number of carbonyl (C=O) groups excluding carboxylic acids is 1. The molecule has 1 fully saturated rings. The molecule has 6 nitrogen and oxygen atoms in total. The summed E-state index contributed by atoms with van der Waals surface area (Å²) in [5.41, 5.74) is 2.54. The first kappa shape index (κ1) is 19.1. The van der Waals surface area contributed by atoms with Crippen molar-refractivity contribution in [1.82, 2.24) is 9.80 Å². The molecule has 4 rings (SSSR count). The Morgan fingerprint density at radius 2 is 1.72 bits per heavy atom. The zero-order valence-corrected chi connectivity index (χ0v) is 17.2. The molecule has 1 amide bonds. The molecule has 150 valence electrons. The second kappa shape index (κ2) is 7.64. The fourth-order valence-corrected chi connectivity index (χ4v) is 3.94. The van der Waals surface area contributed by atoms with E-state index in [-0.39, 0.29) is 12.2 Å². The molecule has 2 aliphatic heterocycles. The van der Waals surface area contributed by atoms with Gasteiger partial charge in [-0.05, 0) is 51.4 Å². The average molecular weight is 390 g/mol. The molecule has 2 aromatic rings. The summed E-state index contributed by atoms with van der Waals surface area (Å²) in [6.45, 7) is 2.87. The van der Waals surface area contributed by atoms with Crippen LogP contribution >= 0.6 is 0 Å². The third-order valence-corrected chi connectivity index (χ3v) is 5.23. The van der Waals surface area contributed by atoms with Gasteiger partial charge in [0.2, 0.25) is 5.88 Å². The first-order chi connectivity index (χ1) is 14.0. The SMILES string of the molecule is CCN1C(=CC=C2C(=O)N(c3ccccc3)C(N(C)C)N2C)Oc2ccccc21. The highest BCUT2D eigenvalue weighted by Crippen LogP contribution is 2.38. The molecule has 0 aliphatic carbocycles. The molecule has 0 spiro atoms. The minimum atomic E-state index is -0.196. The molecule has 0 saturated carbocycles. The van der Waals surface area contributed by atoms with Gasteiger partial charge in [0.1, 0.15) is 5.70 Å². The molecular formula is C23H26N4O2. The molecule has 1 saturated heterocycles. The van der Waals surface area contributed by atoms with Crippen molar-refractivity contribution in [3.05, 3.63) is 78.3 Å². The summed E-state index contributed by atoms with van der Waals surface area (Å²) in [5, 5.41) is 0. The summed E-state index contributed by atoms with van der Waals surface area (Å²) in [7, 11) is 5.89. The number of nitrogens with zero attached hydrogens (tertiary/aromatic N) is 4. The largest absolute Gasteiger partial charge is 0.439 e. The number of ether oxygens (including phenoxy) is 1. The number of rotatable bonds is 4. The van der Waals surface area contributed by atoms with E-state index < -0.39 is 0 Å². The summed E-state index contributed by atoms with van der Waals surface area (Å²) in [4.78, 5) is 21.2. The van der Waals surface area contributed by atoms with Gasteiger partial charge in [-0.3, -0.25) is 14.6 Å². The summed E-state index contributed by atoms with van der Waals surface area (Å²) >= 11 is 0. The van der Waals surface area contributed by atoms with E-state index in [2.05, 4.69) is 11.8 Å². The average Bonchev–Trinajstić information content (AvgIpc) is 3.21. The number of hydrogen-bond donors (Lipinski definition) is 0. The fourth-order valence-electron chi connectivity index (χ4n) is 3.94. The highest BCUT2D eigenvalue weighted by Gasteiger charge is 2.41. The van der Waals surface area contributed by atoms with E-state index in [1.807, 2.05) is 103 Å². The normalized spacial score (nSPS) is 21.5. The summed E-state index contributed by atoms with van der Waals surface area (Å²) in [5.74, 6) is 1.52. The number of fused-ring (bicyclic) bond motifs is 1. The molecule has 1 atom stereocenters. The van der Waals surface area contributed by atoms with Crippen LogP contribution in [0.5, 0.6) is 5.75 Å². The van der Waals surface area contributed by atoms with Gasteiger partial charge in [0, 0.05) is 25.4 Å². The van der Waals surface area contributed by atoms with Gasteiger partial charge < -0.3 is 14.5 Å². The molecule has 2 aliphatic rings. The lowest BCUT2D eigenvalue weighted by atomic mass is 10.2. The van der Waals surface area contributed by atoms with Crippen molar-refractivity contribution in [2.24, 2.45) is 0 Å².